The number of hydrogen-bond donors (Lipinski definition) is 1. The molecule has 3 heteroatoms. The molecule has 0 saturated heterocycles. The number of hydrogen-bond acceptors (Lipinski definition) is 2. The third-order valence-electron chi connectivity index (χ3n) is 2.05. The SMILES string of the molecule is Cc1ccc(C)c(OC(C)C(N)=O)c1. The molecule has 1 rings (SSSR count). The van der Waals surface area contributed by atoms with Gasteiger partial charge in [0.1, 0.15) is 5.75 Å². The highest BCUT2D eigenvalue weighted by Gasteiger charge is 2.11. The van der Waals surface area contributed by atoms with Crippen molar-refractivity contribution in [1.82, 2.24) is 0 Å². The Labute approximate surface area is 83.9 Å². The molecule has 0 radical (unpaired) electrons. The van der Waals surface area contributed by atoms with Crippen molar-refractivity contribution < 1.29 is 9.53 Å². The molecule has 0 bridgehead atoms. The van der Waals surface area contributed by atoms with Crippen LogP contribution in [0.15, 0.2) is 18.2 Å². The number of amides is 1. The van der Waals surface area contributed by atoms with Gasteiger partial charge in [0.25, 0.3) is 5.91 Å². The molecule has 3 nitrogen and oxygen atoms in total. The van der Waals surface area contributed by atoms with Gasteiger partial charge in [-0.25, -0.2) is 0 Å². The molecule has 0 aliphatic carbocycles. The lowest BCUT2D eigenvalue weighted by molar-refractivity contribution is -0.123. The highest BCUT2D eigenvalue weighted by Crippen LogP contribution is 2.20. The summed E-state index contributed by atoms with van der Waals surface area (Å²) in [5.41, 5.74) is 7.21. The van der Waals surface area contributed by atoms with Crippen LogP contribution in [0, 0.1) is 13.8 Å². The van der Waals surface area contributed by atoms with Gasteiger partial charge >= 0.3 is 0 Å². The molecule has 0 aromatic heterocycles. The van der Waals surface area contributed by atoms with Gasteiger partial charge in [0.15, 0.2) is 6.10 Å². The molecule has 1 aromatic carbocycles. The first-order valence-corrected chi connectivity index (χ1v) is 4.54. The zero-order valence-corrected chi connectivity index (χ0v) is 8.70. The van der Waals surface area contributed by atoms with Gasteiger partial charge in [0.2, 0.25) is 0 Å². The summed E-state index contributed by atoms with van der Waals surface area (Å²) in [5, 5.41) is 0. The molecule has 1 atom stereocenters. The minimum absolute atomic E-state index is 0.453. The Morgan fingerprint density at radius 2 is 2.07 bits per heavy atom. The minimum Gasteiger partial charge on any atom is -0.481 e. The maximum absolute atomic E-state index is 10.8. The summed E-state index contributed by atoms with van der Waals surface area (Å²) >= 11 is 0. The van der Waals surface area contributed by atoms with E-state index in [0.717, 1.165) is 16.9 Å². The van der Waals surface area contributed by atoms with Gasteiger partial charge in [-0.1, -0.05) is 12.1 Å². The van der Waals surface area contributed by atoms with E-state index < -0.39 is 12.0 Å². The predicted molar refractivity (Wildman–Crippen MR) is 55.2 cm³/mol. The lowest BCUT2D eigenvalue weighted by atomic mass is 10.1. The van der Waals surface area contributed by atoms with Crippen molar-refractivity contribution in [3.8, 4) is 5.75 Å². The van der Waals surface area contributed by atoms with Crippen LogP contribution in [0.4, 0.5) is 0 Å². The third-order valence-corrected chi connectivity index (χ3v) is 2.05. The van der Waals surface area contributed by atoms with Gasteiger partial charge in [-0.2, -0.15) is 0 Å². The molecule has 0 heterocycles. The number of aryl methyl sites for hydroxylation is 2. The number of primary amides is 1. The lowest BCUT2D eigenvalue weighted by Gasteiger charge is -2.13. The van der Waals surface area contributed by atoms with Crippen LogP contribution in [0.25, 0.3) is 0 Å². The Balaban J connectivity index is 2.85. The highest BCUT2D eigenvalue weighted by molar-refractivity contribution is 5.78. The van der Waals surface area contributed by atoms with Crippen LogP contribution >= 0.6 is 0 Å². The van der Waals surface area contributed by atoms with Crippen molar-refractivity contribution in [3.63, 3.8) is 0 Å². The van der Waals surface area contributed by atoms with Crippen molar-refractivity contribution in [1.29, 1.82) is 0 Å². The lowest BCUT2D eigenvalue weighted by Crippen LogP contribution is -2.30. The maximum Gasteiger partial charge on any atom is 0.258 e. The second kappa shape index (κ2) is 4.13. The van der Waals surface area contributed by atoms with Crippen molar-refractivity contribution in [2.24, 2.45) is 5.73 Å². The Bertz CT molecular complexity index is 347. The van der Waals surface area contributed by atoms with Crippen molar-refractivity contribution >= 4 is 5.91 Å². The smallest absolute Gasteiger partial charge is 0.258 e. The number of carbonyl (C=O) groups is 1. The van der Waals surface area contributed by atoms with E-state index in [9.17, 15) is 4.79 Å². The fraction of sp³-hybridized carbons (Fsp3) is 0.364. The van der Waals surface area contributed by atoms with E-state index in [2.05, 4.69) is 0 Å². The quantitative estimate of drug-likeness (QED) is 0.792. The van der Waals surface area contributed by atoms with Crippen molar-refractivity contribution in [2.45, 2.75) is 26.9 Å². The summed E-state index contributed by atoms with van der Waals surface area (Å²) in [6.45, 7) is 5.55. The summed E-state index contributed by atoms with van der Waals surface area (Å²) in [4.78, 5) is 10.8. The van der Waals surface area contributed by atoms with E-state index in [1.807, 2.05) is 32.0 Å². The first-order chi connectivity index (χ1) is 6.50. The standard InChI is InChI=1S/C11H15NO2/c1-7-4-5-8(2)10(6-7)14-9(3)11(12)13/h4-6,9H,1-3H3,(H2,12,13). The zero-order chi connectivity index (χ0) is 10.7. The molecular weight excluding hydrogens is 178 g/mol. The Hall–Kier alpha value is -1.51. The van der Waals surface area contributed by atoms with Gasteiger partial charge in [-0.3, -0.25) is 4.79 Å². The zero-order valence-electron chi connectivity index (χ0n) is 8.70. The van der Waals surface area contributed by atoms with Gasteiger partial charge < -0.3 is 10.5 Å². The molecule has 0 spiro atoms. The maximum atomic E-state index is 10.8. The van der Waals surface area contributed by atoms with Gasteiger partial charge in [0.05, 0.1) is 0 Å². The average Bonchev–Trinajstić information content (AvgIpc) is 2.11. The summed E-state index contributed by atoms with van der Waals surface area (Å²) in [5.74, 6) is 0.266. The highest BCUT2D eigenvalue weighted by atomic mass is 16.5. The van der Waals surface area contributed by atoms with E-state index in [1.165, 1.54) is 0 Å². The van der Waals surface area contributed by atoms with Crippen LogP contribution in [0.2, 0.25) is 0 Å². The van der Waals surface area contributed by atoms with Crippen LogP contribution in [0.3, 0.4) is 0 Å². The van der Waals surface area contributed by atoms with E-state index in [1.54, 1.807) is 6.92 Å². The minimum atomic E-state index is -0.588. The number of rotatable bonds is 3. The van der Waals surface area contributed by atoms with E-state index in [4.69, 9.17) is 10.5 Å². The molecule has 1 aromatic rings. The summed E-state index contributed by atoms with van der Waals surface area (Å²) in [6.07, 6.45) is -0.588. The van der Waals surface area contributed by atoms with Gasteiger partial charge in [-0.15, -0.1) is 0 Å². The Morgan fingerprint density at radius 1 is 1.43 bits per heavy atom. The second-order valence-electron chi connectivity index (χ2n) is 3.43. The van der Waals surface area contributed by atoms with Gasteiger partial charge in [-0.05, 0) is 38.0 Å². The normalized spacial score (nSPS) is 12.2. The van der Waals surface area contributed by atoms with Crippen LogP contribution in [-0.4, -0.2) is 12.0 Å². The molecule has 14 heavy (non-hydrogen) atoms. The summed E-state index contributed by atoms with van der Waals surface area (Å²) in [6, 6.07) is 5.85. The van der Waals surface area contributed by atoms with Crippen LogP contribution in [0.1, 0.15) is 18.1 Å². The Kier molecular flexibility index (Phi) is 3.12. The fourth-order valence-corrected chi connectivity index (χ4v) is 1.08. The fourth-order valence-electron chi connectivity index (χ4n) is 1.08. The molecular formula is C11H15NO2. The molecule has 0 fully saturated rings. The molecule has 1 unspecified atom stereocenters. The average molecular weight is 193 g/mol. The van der Waals surface area contributed by atoms with Crippen molar-refractivity contribution in [2.75, 3.05) is 0 Å². The molecule has 76 valence electrons. The van der Waals surface area contributed by atoms with Crippen LogP contribution in [0.5, 0.6) is 5.75 Å². The van der Waals surface area contributed by atoms with Gasteiger partial charge in [0, 0.05) is 0 Å². The first-order valence-electron chi connectivity index (χ1n) is 4.54. The van der Waals surface area contributed by atoms with Crippen LogP contribution in [-0.2, 0) is 4.79 Å². The number of benzene rings is 1. The van der Waals surface area contributed by atoms with E-state index in [0.29, 0.717) is 0 Å². The topological polar surface area (TPSA) is 52.3 Å². The van der Waals surface area contributed by atoms with Crippen LogP contribution < -0.4 is 10.5 Å². The molecule has 1 amide bonds. The van der Waals surface area contributed by atoms with E-state index >= 15 is 0 Å². The first kappa shape index (κ1) is 10.6. The number of ether oxygens (including phenoxy) is 1. The number of carbonyl (C=O) groups excluding carboxylic acids is 1. The Morgan fingerprint density at radius 3 is 2.64 bits per heavy atom. The molecule has 0 aliphatic rings. The largest absolute Gasteiger partial charge is 0.481 e. The monoisotopic (exact) mass is 193 g/mol. The second-order valence-corrected chi connectivity index (χ2v) is 3.43. The van der Waals surface area contributed by atoms with Crippen molar-refractivity contribution in [3.05, 3.63) is 29.3 Å². The molecule has 0 aliphatic heterocycles. The summed E-state index contributed by atoms with van der Waals surface area (Å²) < 4.78 is 5.41. The number of nitrogens with two attached hydrogens (primary N) is 1. The molecule has 2 N–H and O–H groups in total. The third kappa shape index (κ3) is 2.49. The van der Waals surface area contributed by atoms with E-state index in [-0.39, 0.29) is 0 Å². The summed E-state index contributed by atoms with van der Waals surface area (Å²) in [7, 11) is 0. The molecule has 0 saturated carbocycles. The predicted octanol–water partition coefficient (Wildman–Crippen LogP) is 1.56.